The van der Waals surface area contributed by atoms with E-state index in [0.29, 0.717) is 0 Å². The van der Waals surface area contributed by atoms with Crippen LogP contribution in [-0.2, 0) is 4.79 Å². The summed E-state index contributed by atoms with van der Waals surface area (Å²) in [4.78, 5) is 22.7. The summed E-state index contributed by atoms with van der Waals surface area (Å²) in [5.74, 6) is 1.65. The van der Waals surface area contributed by atoms with Crippen molar-refractivity contribution in [2.24, 2.45) is 0 Å². The zero-order valence-corrected chi connectivity index (χ0v) is 12.9. The Labute approximate surface area is 130 Å². The fourth-order valence-corrected chi connectivity index (χ4v) is 2.90. The van der Waals surface area contributed by atoms with Gasteiger partial charge in [-0.15, -0.1) is 0 Å². The molecule has 0 saturated carbocycles. The zero-order chi connectivity index (χ0) is 15.5. The van der Waals surface area contributed by atoms with Crippen LogP contribution in [0.5, 0.6) is 0 Å². The number of likely N-dealkylation sites (tertiary alicyclic amines) is 1. The van der Waals surface area contributed by atoms with Crippen molar-refractivity contribution in [3.05, 3.63) is 47.8 Å². The van der Waals surface area contributed by atoms with Gasteiger partial charge in [0.15, 0.2) is 0 Å². The summed E-state index contributed by atoms with van der Waals surface area (Å²) in [6.45, 7) is 4.40. The summed E-state index contributed by atoms with van der Waals surface area (Å²) in [6, 6.07) is 11.8. The van der Waals surface area contributed by atoms with Crippen LogP contribution < -0.4 is 5.32 Å². The largest absolute Gasteiger partial charge is 0.334 e. The number of carbonyl (C=O) groups excluding carboxylic acids is 1. The molecule has 2 aromatic heterocycles. The first-order valence-corrected chi connectivity index (χ1v) is 7.58. The van der Waals surface area contributed by atoms with Gasteiger partial charge < -0.3 is 10.2 Å². The quantitative estimate of drug-likeness (QED) is 0.945. The van der Waals surface area contributed by atoms with Gasteiger partial charge in [0.05, 0.1) is 11.7 Å². The van der Waals surface area contributed by atoms with E-state index >= 15 is 0 Å². The Kier molecular flexibility index (Phi) is 4.04. The molecule has 1 saturated heterocycles. The van der Waals surface area contributed by atoms with Crippen molar-refractivity contribution in [1.82, 2.24) is 14.9 Å². The molecule has 3 heterocycles. The van der Waals surface area contributed by atoms with Crippen LogP contribution in [0.3, 0.4) is 0 Å². The van der Waals surface area contributed by atoms with Crippen LogP contribution in [0.25, 0.3) is 0 Å². The number of hydrogen-bond donors (Lipinski definition) is 1. The Bertz CT molecular complexity index is 686. The average molecular weight is 296 g/mol. The van der Waals surface area contributed by atoms with E-state index in [-0.39, 0.29) is 11.9 Å². The highest BCUT2D eigenvalue weighted by atomic mass is 16.2. The molecule has 2 aromatic rings. The first-order chi connectivity index (χ1) is 10.6. The molecule has 0 bridgehead atoms. The summed E-state index contributed by atoms with van der Waals surface area (Å²) in [5.41, 5.74) is 1.89. The van der Waals surface area contributed by atoms with Crippen LogP contribution in [0.4, 0.5) is 11.6 Å². The van der Waals surface area contributed by atoms with Crippen molar-refractivity contribution in [2.45, 2.75) is 32.7 Å². The molecule has 1 aliphatic heterocycles. The van der Waals surface area contributed by atoms with Crippen molar-refractivity contribution in [3.8, 4) is 0 Å². The van der Waals surface area contributed by atoms with Gasteiger partial charge in [-0.1, -0.05) is 12.1 Å². The van der Waals surface area contributed by atoms with Crippen molar-refractivity contribution < 1.29 is 4.79 Å². The van der Waals surface area contributed by atoms with E-state index in [9.17, 15) is 4.79 Å². The first-order valence-electron chi connectivity index (χ1n) is 7.58. The lowest BCUT2D eigenvalue weighted by Gasteiger charge is -2.23. The SMILES string of the molecule is CC(=O)N1CCC[C@@H]1c1cccc(Nc2cccc(C)n2)n1. The lowest BCUT2D eigenvalue weighted by molar-refractivity contribution is -0.129. The molecule has 1 fully saturated rings. The average Bonchev–Trinajstić information content (AvgIpc) is 2.97. The minimum Gasteiger partial charge on any atom is -0.334 e. The number of amides is 1. The Morgan fingerprint density at radius 2 is 1.91 bits per heavy atom. The second-order valence-corrected chi connectivity index (χ2v) is 5.61. The van der Waals surface area contributed by atoms with Gasteiger partial charge in [-0.3, -0.25) is 4.79 Å². The molecule has 1 amide bonds. The second-order valence-electron chi connectivity index (χ2n) is 5.61. The normalized spacial score (nSPS) is 17.5. The van der Waals surface area contributed by atoms with Gasteiger partial charge in [0, 0.05) is 19.2 Å². The molecule has 1 atom stereocenters. The van der Waals surface area contributed by atoms with E-state index in [1.54, 1.807) is 6.92 Å². The minimum absolute atomic E-state index is 0.0877. The topological polar surface area (TPSA) is 58.1 Å². The summed E-state index contributed by atoms with van der Waals surface area (Å²) in [5, 5.41) is 3.23. The van der Waals surface area contributed by atoms with Crippen LogP contribution in [0.2, 0.25) is 0 Å². The predicted octanol–water partition coefficient (Wildman–Crippen LogP) is 3.21. The highest BCUT2D eigenvalue weighted by Crippen LogP contribution is 2.31. The molecule has 0 spiro atoms. The van der Waals surface area contributed by atoms with Gasteiger partial charge in [-0.25, -0.2) is 9.97 Å². The Hall–Kier alpha value is -2.43. The molecule has 1 N–H and O–H groups in total. The van der Waals surface area contributed by atoms with Crippen molar-refractivity contribution in [1.29, 1.82) is 0 Å². The maximum absolute atomic E-state index is 11.7. The lowest BCUT2D eigenvalue weighted by atomic mass is 10.1. The van der Waals surface area contributed by atoms with Gasteiger partial charge >= 0.3 is 0 Å². The van der Waals surface area contributed by atoms with Crippen LogP contribution in [0.15, 0.2) is 36.4 Å². The Morgan fingerprint density at radius 3 is 2.64 bits per heavy atom. The molecule has 114 valence electrons. The monoisotopic (exact) mass is 296 g/mol. The number of anilines is 2. The number of carbonyl (C=O) groups is 1. The minimum atomic E-state index is 0.0877. The van der Waals surface area contributed by atoms with Crippen LogP contribution in [-0.4, -0.2) is 27.3 Å². The van der Waals surface area contributed by atoms with E-state index in [1.807, 2.05) is 48.2 Å². The van der Waals surface area contributed by atoms with Crippen molar-refractivity contribution in [2.75, 3.05) is 11.9 Å². The molecule has 1 aliphatic rings. The maximum atomic E-state index is 11.7. The summed E-state index contributed by atoms with van der Waals surface area (Å²) >= 11 is 0. The standard InChI is InChI=1S/C17H20N4O/c1-12-6-3-9-16(18-12)20-17-10-4-7-14(19-17)15-8-5-11-21(15)13(2)22/h3-4,6-7,9-10,15H,5,8,11H2,1-2H3,(H,18,19,20)/t15-/m1/s1. The number of pyridine rings is 2. The summed E-state index contributed by atoms with van der Waals surface area (Å²) in [7, 11) is 0. The third-order valence-corrected chi connectivity index (χ3v) is 3.91. The molecular formula is C17H20N4O. The molecule has 5 heteroatoms. The molecular weight excluding hydrogens is 276 g/mol. The van der Waals surface area contributed by atoms with Crippen LogP contribution in [0.1, 0.15) is 37.2 Å². The molecule has 0 unspecified atom stereocenters. The molecule has 0 aliphatic carbocycles. The van der Waals surface area contributed by atoms with Crippen LogP contribution >= 0.6 is 0 Å². The Balaban J connectivity index is 1.82. The van der Waals surface area contributed by atoms with Crippen molar-refractivity contribution >= 4 is 17.5 Å². The third kappa shape index (κ3) is 3.08. The number of rotatable bonds is 3. The van der Waals surface area contributed by atoms with Gasteiger partial charge in [-0.05, 0) is 44.0 Å². The number of aryl methyl sites for hydroxylation is 1. The van der Waals surface area contributed by atoms with E-state index in [0.717, 1.165) is 42.4 Å². The summed E-state index contributed by atoms with van der Waals surface area (Å²) < 4.78 is 0. The van der Waals surface area contributed by atoms with E-state index in [4.69, 9.17) is 0 Å². The third-order valence-electron chi connectivity index (χ3n) is 3.91. The summed E-state index contributed by atoms with van der Waals surface area (Å²) in [6.07, 6.45) is 2.00. The Morgan fingerprint density at radius 1 is 1.18 bits per heavy atom. The fraction of sp³-hybridized carbons (Fsp3) is 0.353. The molecule has 0 radical (unpaired) electrons. The molecule has 0 aromatic carbocycles. The van der Waals surface area contributed by atoms with Gasteiger partial charge in [0.25, 0.3) is 0 Å². The number of hydrogen-bond acceptors (Lipinski definition) is 4. The molecule has 22 heavy (non-hydrogen) atoms. The second kappa shape index (κ2) is 6.13. The fourth-order valence-electron chi connectivity index (χ4n) is 2.90. The van der Waals surface area contributed by atoms with Gasteiger partial charge in [-0.2, -0.15) is 0 Å². The van der Waals surface area contributed by atoms with E-state index in [1.165, 1.54) is 0 Å². The number of nitrogens with zero attached hydrogens (tertiary/aromatic N) is 3. The number of nitrogens with one attached hydrogen (secondary N) is 1. The highest BCUT2D eigenvalue weighted by molar-refractivity contribution is 5.74. The van der Waals surface area contributed by atoms with Gasteiger partial charge in [0.2, 0.25) is 5.91 Å². The smallest absolute Gasteiger partial charge is 0.220 e. The first kappa shape index (κ1) is 14.5. The highest BCUT2D eigenvalue weighted by Gasteiger charge is 2.28. The molecule has 5 nitrogen and oxygen atoms in total. The number of aromatic nitrogens is 2. The van der Waals surface area contributed by atoms with Crippen LogP contribution in [0, 0.1) is 6.92 Å². The van der Waals surface area contributed by atoms with Crippen molar-refractivity contribution in [3.63, 3.8) is 0 Å². The predicted molar refractivity (Wildman–Crippen MR) is 85.9 cm³/mol. The lowest BCUT2D eigenvalue weighted by Crippen LogP contribution is -2.28. The van der Waals surface area contributed by atoms with Gasteiger partial charge in [0.1, 0.15) is 11.6 Å². The molecule has 3 rings (SSSR count). The zero-order valence-electron chi connectivity index (χ0n) is 12.9. The van der Waals surface area contributed by atoms with E-state index in [2.05, 4.69) is 15.3 Å². The van der Waals surface area contributed by atoms with E-state index < -0.39 is 0 Å². The maximum Gasteiger partial charge on any atom is 0.220 e.